The number of amides is 2. The van der Waals surface area contributed by atoms with Crippen LogP contribution in [-0.2, 0) is 20.8 Å². The standard InChI is InChI=1S/C36H46N6O5S/c1-22(2)19-29-30(43)21-25(9-6-7-18-47-26-15-13-24(14-16-26)20-23(3)33(45)41-29)34(46)40-28(11-8-17-39-36(37)38)32(44)35-42-27-10-4-5-12-31(27)48-35/h4-7,10,12-16,22-23,25,28-29H,8-9,11,17-21H2,1-3H3,(H,40,46)(H,41,45)(H4,37,38,39)/b7-6+/t23-,25+,28-,29-/m0/s1. The molecule has 0 saturated carbocycles. The smallest absolute Gasteiger partial charge is 0.224 e. The van der Waals surface area contributed by atoms with Crippen LogP contribution >= 0.6 is 11.3 Å². The van der Waals surface area contributed by atoms with Crippen LogP contribution in [-0.4, -0.2) is 59.6 Å². The first-order chi connectivity index (χ1) is 23.0. The molecule has 2 amide bonds. The van der Waals surface area contributed by atoms with E-state index >= 15 is 0 Å². The van der Waals surface area contributed by atoms with Gasteiger partial charge in [-0.15, -0.1) is 11.3 Å². The number of fused-ring (bicyclic) bond motifs is 14. The van der Waals surface area contributed by atoms with Crippen molar-refractivity contribution in [3.63, 3.8) is 0 Å². The second-order valence-electron chi connectivity index (χ2n) is 12.7. The van der Waals surface area contributed by atoms with Crippen molar-refractivity contribution in [2.45, 2.75) is 71.4 Å². The molecule has 6 N–H and O–H groups in total. The molecule has 0 unspecified atom stereocenters. The lowest BCUT2D eigenvalue weighted by Crippen LogP contribution is -2.47. The number of ether oxygens (including phenoxy) is 1. The topological polar surface area (TPSA) is 179 Å². The molecular formula is C36H46N6O5S. The van der Waals surface area contributed by atoms with E-state index in [1.165, 1.54) is 11.3 Å². The van der Waals surface area contributed by atoms with E-state index in [1.54, 1.807) is 0 Å². The number of Topliss-reactive ketones (excluding diaryl/α,β-unsaturated/α-hetero) is 2. The Hall–Kier alpha value is -4.58. The Morgan fingerprint density at radius 2 is 1.83 bits per heavy atom. The number of ketones is 2. The maximum Gasteiger partial charge on any atom is 0.224 e. The summed E-state index contributed by atoms with van der Waals surface area (Å²) in [4.78, 5) is 63.4. The van der Waals surface area contributed by atoms with Crippen molar-refractivity contribution in [2.24, 2.45) is 34.2 Å². The van der Waals surface area contributed by atoms with Gasteiger partial charge in [-0.3, -0.25) is 24.2 Å². The highest BCUT2D eigenvalue weighted by molar-refractivity contribution is 7.20. The summed E-state index contributed by atoms with van der Waals surface area (Å²) in [5.41, 5.74) is 12.7. The van der Waals surface area contributed by atoms with Gasteiger partial charge in [0.15, 0.2) is 16.8 Å². The van der Waals surface area contributed by atoms with E-state index in [9.17, 15) is 19.2 Å². The number of aromatic nitrogens is 1. The van der Waals surface area contributed by atoms with E-state index in [-0.39, 0.29) is 72.7 Å². The molecule has 2 bridgehead atoms. The number of aliphatic imine (C=N–C) groups is 1. The Balaban J connectivity index is 1.59. The Morgan fingerprint density at radius 1 is 1.08 bits per heavy atom. The summed E-state index contributed by atoms with van der Waals surface area (Å²) >= 11 is 1.26. The molecule has 0 fully saturated rings. The summed E-state index contributed by atoms with van der Waals surface area (Å²) in [5.74, 6) is -1.63. The molecule has 5 rings (SSSR count). The normalized spacial score (nSPS) is 20.4. The van der Waals surface area contributed by atoms with E-state index in [0.29, 0.717) is 30.5 Å². The van der Waals surface area contributed by atoms with Crippen molar-refractivity contribution in [3.05, 3.63) is 71.3 Å². The molecule has 2 aliphatic rings. The van der Waals surface area contributed by atoms with Gasteiger partial charge in [0.2, 0.25) is 17.6 Å². The zero-order chi connectivity index (χ0) is 34.6. The van der Waals surface area contributed by atoms with Gasteiger partial charge < -0.3 is 26.8 Å². The average Bonchev–Trinajstić information content (AvgIpc) is 3.49. The minimum Gasteiger partial charge on any atom is -0.490 e. The summed E-state index contributed by atoms with van der Waals surface area (Å²) in [6, 6.07) is 13.4. The van der Waals surface area contributed by atoms with Crippen molar-refractivity contribution in [3.8, 4) is 5.75 Å². The Labute approximate surface area is 285 Å². The van der Waals surface area contributed by atoms with E-state index in [4.69, 9.17) is 16.2 Å². The monoisotopic (exact) mass is 674 g/mol. The summed E-state index contributed by atoms with van der Waals surface area (Å²) in [6.45, 7) is 6.36. The molecule has 3 aromatic rings. The number of nitrogens with one attached hydrogen (secondary N) is 2. The lowest BCUT2D eigenvalue weighted by atomic mass is 9.90. The molecule has 3 heterocycles. The third-order valence-corrected chi connectivity index (χ3v) is 9.21. The minimum absolute atomic E-state index is 0.0570. The molecular weight excluding hydrogens is 629 g/mol. The molecule has 0 aliphatic carbocycles. The summed E-state index contributed by atoms with van der Waals surface area (Å²) in [5, 5.41) is 6.19. The maximum atomic E-state index is 14.0. The molecule has 2 aromatic carbocycles. The number of nitrogens with two attached hydrogens (primary N) is 2. The summed E-state index contributed by atoms with van der Waals surface area (Å²) < 4.78 is 6.70. The molecule has 11 nitrogen and oxygen atoms in total. The Bertz CT molecular complexity index is 1600. The first-order valence-electron chi connectivity index (χ1n) is 16.5. The van der Waals surface area contributed by atoms with Crippen LogP contribution in [0.25, 0.3) is 10.2 Å². The minimum atomic E-state index is -0.909. The number of guanidine groups is 1. The molecule has 4 atom stereocenters. The zero-order valence-corrected chi connectivity index (χ0v) is 28.6. The van der Waals surface area contributed by atoms with Gasteiger partial charge >= 0.3 is 0 Å². The predicted octanol–water partition coefficient (Wildman–Crippen LogP) is 4.34. The fourth-order valence-electron chi connectivity index (χ4n) is 5.55. The number of hydrogen-bond acceptors (Lipinski definition) is 8. The molecule has 12 heteroatoms. The van der Waals surface area contributed by atoms with Gasteiger partial charge in [0.1, 0.15) is 12.4 Å². The van der Waals surface area contributed by atoms with Crippen LogP contribution in [0.5, 0.6) is 5.75 Å². The molecule has 48 heavy (non-hydrogen) atoms. The summed E-state index contributed by atoms with van der Waals surface area (Å²) in [7, 11) is 0. The van der Waals surface area contributed by atoms with Crippen molar-refractivity contribution in [1.82, 2.24) is 15.6 Å². The number of carbonyl (C=O) groups is 4. The SMILES string of the molecule is CC(C)C[C@@H]1NC(=O)[C@@H](C)Cc2ccc(cc2)OC/C=C/C[C@@H](C(=O)N[C@@H](CCCN=C(N)N)C(=O)c2nc3ccccc3s2)CC1=O. The van der Waals surface area contributed by atoms with Gasteiger partial charge in [0, 0.05) is 24.8 Å². The van der Waals surface area contributed by atoms with Crippen LogP contribution in [0, 0.1) is 17.8 Å². The van der Waals surface area contributed by atoms with Crippen LogP contribution < -0.4 is 26.8 Å². The van der Waals surface area contributed by atoms with E-state index < -0.39 is 23.9 Å². The number of thiazole rings is 1. The largest absolute Gasteiger partial charge is 0.490 e. The van der Waals surface area contributed by atoms with Gasteiger partial charge in [-0.25, -0.2) is 4.98 Å². The maximum absolute atomic E-state index is 14.0. The average molecular weight is 675 g/mol. The number of allylic oxidation sites excluding steroid dienone is 1. The second-order valence-corrected chi connectivity index (χ2v) is 13.7. The molecule has 0 radical (unpaired) electrons. The van der Waals surface area contributed by atoms with E-state index in [2.05, 4.69) is 20.6 Å². The van der Waals surface area contributed by atoms with Crippen molar-refractivity contribution in [1.29, 1.82) is 0 Å². The third kappa shape index (κ3) is 10.7. The fraction of sp³-hybridized carbons (Fsp3) is 0.444. The van der Waals surface area contributed by atoms with E-state index in [0.717, 1.165) is 10.3 Å². The quantitative estimate of drug-likeness (QED) is 0.0806. The van der Waals surface area contributed by atoms with Crippen LogP contribution in [0.4, 0.5) is 0 Å². The van der Waals surface area contributed by atoms with Crippen LogP contribution in [0.2, 0.25) is 0 Å². The van der Waals surface area contributed by atoms with Crippen LogP contribution in [0.15, 0.2) is 65.7 Å². The lowest BCUT2D eigenvalue weighted by Gasteiger charge is -2.25. The molecule has 256 valence electrons. The Morgan fingerprint density at radius 3 is 2.54 bits per heavy atom. The molecule has 1 aromatic heterocycles. The van der Waals surface area contributed by atoms with Gasteiger partial charge in [-0.05, 0) is 67.9 Å². The van der Waals surface area contributed by atoms with Crippen molar-refractivity contribution in [2.75, 3.05) is 13.2 Å². The van der Waals surface area contributed by atoms with Crippen LogP contribution in [0.1, 0.15) is 68.2 Å². The number of para-hydroxylation sites is 1. The van der Waals surface area contributed by atoms with Gasteiger partial charge in [0.05, 0.1) is 22.3 Å². The highest BCUT2D eigenvalue weighted by Crippen LogP contribution is 2.24. The van der Waals surface area contributed by atoms with Crippen LogP contribution in [0.3, 0.4) is 0 Å². The van der Waals surface area contributed by atoms with E-state index in [1.807, 2.05) is 81.5 Å². The first kappa shape index (κ1) is 36.3. The second kappa shape index (κ2) is 17.5. The van der Waals surface area contributed by atoms with Gasteiger partial charge in [-0.1, -0.05) is 57.2 Å². The molecule has 0 saturated heterocycles. The number of carbonyl (C=O) groups excluding carboxylic acids is 4. The highest BCUT2D eigenvalue weighted by atomic mass is 32.1. The van der Waals surface area contributed by atoms with Gasteiger partial charge in [0.25, 0.3) is 0 Å². The van der Waals surface area contributed by atoms with Crippen molar-refractivity contribution < 1.29 is 23.9 Å². The predicted molar refractivity (Wildman–Crippen MR) is 189 cm³/mol. The summed E-state index contributed by atoms with van der Waals surface area (Å²) in [6.07, 6.45) is 5.38. The number of hydrogen-bond donors (Lipinski definition) is 4. The number of benzene rings is 2. The first-order valence-corrected chi connectivity index (χ1v) is 17.3. The Kier molecular flexibility index (Phi) is 13.2. The zero-order valence-electron chi connectivity index (χ0n) is 27.8. The number of nitrogens with zero attached hydrogens (tertiary/aromatic N) is 2. The lowest BCUT2D eigenvalue weighted by molar-refractivity contribution is -0.133. The molecule has 2 aliphatic heterocycles. The number of rotatable bonds is 10. The fourth-order valence-corrected chi connectivity index (χ4v) is 6.51. The highest BCUT2D eigenvalue weighted by Gasteiger charge is 2.32. The van der Waals surface area contributed by atoms with Crippen molar-refractivity contribution >= 4 is 50.9 Å². The third-order valence-electron chi connectivity index (χ3n) is 8.16. The van der Waals surface area contributed by atoms with Gasteiger partial charge in [-0.2, -0.15) is 0 Å². The molecule has 0 spiro atoms.